The zero-order chi connectivity index (χ0) is 15.2. The molecule has 1 aromatic rings. The number of hydrogen-bond acceptors (Lipinski definition) is 5. The number of carbonyl (C=O) groups excluding carboxylic acids is 1. The molecule has 8 heteroatoms. The molecule has 20 heavy (non-hydrogen) atoms. The Balaban J connectivity index is 2.98. The molecule has 0 spiro atoms. The van der Waals surface area contributed by atoms with Crippen LogP contribution in [0.5, 0.6) is 0 Å². The van der Waals surface area contributed by atoms with Crippen LogP contribution >= 0.6 is 0 Å². The molecule has 0 amide bonds. The molecule has 0 bridgehead atoms. The largest absolute Gasteiger partial charge is 0.462 e. The molecule has 0 aliphatic carbocycles. The fraction of sp³-hybridized carbons (Fsp3) is 0.667. The van der Waals surface area contributed by atoms with E-state index in [0.29, 0.717) is 6.42 Å². The molecule has 1 unspecified atom stereocenters. The van der Waals surface area contributed by atoms with Crippen LogP contribution in [-0.2, 0) is 14.8 Å². The molecular formula is C12H21N3O4S. The summed E-state index contributed by atoms with van der Waals surface area (Å²) in [7, 11) is -3.81. The molecule has 0 aromatic carbocycles. The van der Waals surface area contributed by atoms with Crippen molar-refractivity contribution in [1.82, 2.24) is 14.9 Å². The van der Waals surface area contributed by atoms with Gasteiger partial charge < -0.3 is 4.74 Å². The lowest BCUT2D eigenvalue weighted by molar-refractivity contribution is 0.0522. The Kier molecular flexibility index (Phi) is 6.15. The number of rotatable bonds is 8. The zero-order valence-corrected chi connectivity index (χ0v) is 12.8. The maximum atomic E-state index is 12.3. The molecule has 1 heterocycles. The van der Waals surface area contributed by atoms with Crippen LogP contribution in [0.4, 0.5) is 0 Å². The average Bonchev–Trinajstić information content (AvgIpc) is 2.88. The first kappa shape index (κ1) is 16.6. The van der Waals surface area contributed by atoms with Crippen LogP contribution in [0.2, 0.25) is 0 Å². The van der Waals surface area contributed by atoms with E-state index >= 15 is 0 Å². The second kappa shape index (κ2) is 7.39. The van der Waals surface area contributed by atoms with Crippen LogP contribution in [0.25, 0.3) is 0 Å². The molecule has 0 saturated carbocycles. The number of sulfonamides is 1. The summed E-state index contributed by atoms with van der Waals surface area (Å²) in [4.78, 5) is 11.7. The van der Waals surface area contributed by atoms with Gasteiger partial charge in [-0.25, -0.2) is 17.9 Å². The first-order chi connectivity index (χ1) is 9.46. The van der Waals surface area contributed by atoms with Crippen LogP contribution in [0.3, 0.4) is 0 Å². The maximum Gasteiger partial charge on any atom is 0.342 e. The molecule has 114 valence electrons. The van der Waals surface area contributed by atoms with E-state index in [0.717, 1.165) is 19.0 Å². The van der Waals surface area contributed by atoms with E-state index in [1.54, 1.807) is 6.92 Å². The van der Waals surface area contributed by atoms with Crippen LogP contribution in [0.1, 0.15) is 50.4 Å². The molecule has 1 atom stereocenters. The van der Waals surface area contributed by atoms with Crippen LogP contribution in [-0.4, -0.2) is 37.2 Å². The second-order valence-corrected chi connectivity index (χ2v) is 6.00. The lowest BCUT2D eigenvalue weighted by Crippen LogP contribution is -2.35. The zero-order valence-electron chi connectivity index (χ0n) is 12.0. The van der Waals surface area contributed by atoms with Gasteiger partial charge in [0, 0.05) is 6.04 Å². The molecule has 2 N–H and O–H groups in total. The van der Waals surface area contributed by atoms with Gasteiger partial charge in [-0.2, -0.15) is 5.10 Å². The number of ether oxygens (including phenoxy) is 1. The minimum atomic E-state index is -3.81. The summed E-state index contributed by atoms with van der Waals surface area (Å²) >= 11 is 0. The highest BCUT2D eigenvalue weighted by Crippen LogP contribution is 2.15. The van der Waals surface area contributed by atoms with Crippen molar-refractivity contribution < 1.29 is 17.9 Å². The van der Waals surface area contributed by atoms with Crippen molar-refractivity contribution >= 4 is 16.0 Å². The lowest BCUT2D eigenvalue weighted by atomic mass is 10.1. The van der Waals surface area contributed by atoms with E-state index < -0.39 is 16.0 Å². The smallest absolute Gasteiger partial charge is 0.342 e. The normalized spacial score (nSPS) is 13.2. The molecule has 0 radical (unpaired) electrons. The first-order valence-corrected chi connectivity index (χ1v) is 8.17. The number of aromatic amines is 1. The van der Waals surface area contributed by atoms with Gasteiger partial charge >= 0.3 is 5.97 Å². The van der Waals surface area contributed by atoms with Gasteiger partial charge in [-0.05, 0) is 19.8 Å². The third-order valence-electron chi connectivity index (χ3n) is 2.82. The minimum Gasteiger partial charge on any atom is -0.462 e. The maximum absolute atomic E-state index is 12.3. The van der Waals surface area contributed by atoms with Crippen molar-refractivity contribution in [1.29, 1.82) is 0 Å². The summed E-state index contributed by atoms with van der Waals surface area (Å²) in [6.07, 6.45) is 3.44. The predicted octanol–water partition coefficient (Wildman–Crippen LogP) is 1.44. The number of H-pyrrole nitrogens is 1. The Morgan fingerprint density at radius 2 is 2.15 bits per heavy atom. The SMILES string of the molecule is CCCC(CC)NS(=O)(=O)c1[nH]ncc1C(=O)OCC. The third-order valence-corrected chi connectivity index (χ3v) is 4.31. The van der Waals surface area contributed by atoms with Crippen molar-refractivity contribution in [3.63, 3.8) is 0 Å². The summed E-state index contributed by atoms with van der Waals surface area (Å²) < 4.78 is 31.9. The number of nitrogens with zero attached hydrogens (tertiary/aromatic N) is 1. The van der Waals surface area contributed by atoms with Crippen molar-refractivity contribution in [2.24, 2.45) is 0 Å². The van der Waals surface area contributed by atoms with Crippen molar-refractivity contribution in [3.8, 4) is 0 Å². The monoisotopic (exact) mass is 303 g/mol. The van der Waals surface area contributed by atoms with E-state index in [4.69, 9.17) is 4.74 Å². The predicted molar refractivity (Wildman–Crippen MR) is 73.9 cm³/mol. The Labute approximate surface area is 119 Å². The van der Waals surface area contributed by atoms with E-state index in [1.165, 1.54) is 0 Å². The number of hydrogen-bond donors (Lipinski definition) is 2. The van der Waals surface area contributed by atoms with Gasteiger partial charge in [0.05, 0.1) is 12.8 Å². The van der Waals surface area contributed by atoms with E-state index in [-0.39, 0.29) is 23.2 Å². The highest BCUT2D eigenvalue weighted by molar-refractivity contribution is 7.89. The Morgan fingerprint density at radius 3 is 2.70 bits per heavy atom. The van der Waals surface area contributed by atoms with Gasteiger partial charge in [-0.15, -0.1) is 0 Å². The quantitative estimate of drug-likeness (QED) is 0.708. The molecule has 0 aliphatic rings. The summed E-state index contributed by atoms with van der Waals surface area (Å²) in [6.45, 7) is 5.71. The Bertz CT molecular complexity index is 539. The van der Waals surface area contributed by atoms with Gasteiger partial charge in [0.25, 0.3) is 10.0 Å². The topological polar surface area (TPSA) is 101 Å². The van der Waals surface area contributed by atoms with E-state index in [9.17, 15) is 13.2 Å². The van der Waals surface area contributed by atoms with Crippen LogP contribution < -0.4 is 4.72 Å². The number of carbonyl (C=O) groups is 1. The highest BCUT2D eigenvalue weighted by Gasteiger charge is 2.27. The summed E-state index contributed by atoms with van der Waals surface area (Å²) in [5.41, 5.74) is -0.0781. The fourth-order valence-corrected chi connectivity index (χ4v) is 3.25. The van der Waals surface area contributed by atoms with Crippen LogP contribution in [0, 0.1) is 0 Å². The molecule has 0 fully saturated rings. The molecular weight excluding hydrogens is 282 g/mol. The van der Waals surface area contributed by atoms with E-state index in [2.05, 4.69) is 14.9 Å². The van der Waals surface area contributed by atoms with E-state index in [1.807, 2.05) is 13.8 Å². The average molecular weight is 303 g/mol. The number of aromatic nitrogens is 2. The molecule has 0 saturated heterocycles. The standard InChI is InChI=1S/C12H21N3O4S/c1-4-7-9(5-2)15-20(17,18)11-10(8-13-14-11)12(16)19-6-3/h8-9,15H,4-7H2,1-3H3,(H,13,14). The third kappa shape index (κ3) is 4.04. The van der Waals surface area contributed by atoms with Crippen molar-refractivity contribution in [2.75, 3.05) is 6.61 Å². The second-order valence-electron chi connectivity index (χ2n) is 4.35. The highest BCUT2D eigenvalue weighted by atomic mass is 32.2. The number of nitrogens with one attached hydrogen (secondary N) is 2. The van der Waals surface area contributed by atoms with Gasteiger partial charge in [-0.3, -0.25) is 5.10 Å². The molecule has 1 aromatic heterocycles. The Hall–Kier alpha value is -1.41. The fourth-order valence-electron chi connectivity index (χ4n) is 1.81. The number of esters is 1. The molecule has 7 nitrogen and oxygen atoms in total. The van der Waals surface area contributed by atoms with Crippen LogP contribution in [0.15, 0.2) is 11.2 Å². The Morgan fingerprint density at radius 1 is 1.45 bits per heavy atom. The van der Waals surface area contributed by atoms with Gasteiger partial charge in [0.1, 0.15) is 5.56 Å². The molecule has 1 rings (SSSR count). The first-order valence-electron chi connectivity index (χ1n) is 6.69. The van der Waals surface area contributed by atoms with Gasteiger partial charge in [-0.1, -0.05) is 20.3 Å². The summed E-state index contributed by atoms with van der Waals surface area (Å²) in [5.74, 6) is -0.704. The minimum absolute atomic E-state index is 0.0781. The van der Waals surface area contributed by atoms with Crippen molar-refractivity contribution in [2.45, 2.75) is 51.1 Å². The van der Waals surface area contributed by atoms with Gasteiger partial charge in [0.15, 0.2) is 5.03 Å². The summed E-state index contributed by atoms with van der Waals surface area (Å²) in [6, 6.07) is -0.164. The van der Waals surface area contributed by atoms with Gasteiger partial charge in [0.2, 0.25) is 0 Å². The molecule has 0 aliphatic heterocycles. The van der Waals surface area contributed by atoms with Crippen molar-refractivity contribution in [3.05, 3.63) is 11.8 Å². The lowest BCUT2D eigenvalue weighted by Gasteiger charge is -2.15. The summed E-state index contributed by atoms with van der Waals surface area (Å²) in [5, 5.41) is 5.74.